The molecule has 0 bridgehead atoms. The number of rotatable bonds is 8. The molecule has 136 valence electrons. The highest BCUT2D eigenvalue weighted by molar-refractivity contribution is 5.68. The number of likely N-dealkylation sites (tertiary alicyclic amines) is 1. The van der Waals surface area contributed by atoms with Gasteiger partial charge in [-0.2, -0.15) is 0 Å². The molecule has 0 aliphatic carbocycles. The van der Waals surface area contributed by atoms with Crippen LogP contribution in [0.15, 0.2) is 0 Å². The van der Waals surface area contributed by atoms with Crippen LogP contribution in [-0.2, 0) is 9.47 Å². The van der Waals surface area contributed by atoms with Crippen LogP contribution in [0.4, 0.5) is 4.79 Å². The maximum absolute atomic E-state index is 12.2. The fraction of sp³-hybridized carbons (Fsp3) is 0.941. The second-order valence-corrected chi connectivity index (χ2v) is 7.43. The Hall–Kier alpha value is -0.850. The van der Waals surface area contributed by atoms with Gasteiger partial charge in [0, 0.05) is 26.2 Å². The third-order valence-electron chi connectivity index (χ3n) is 3.99. The van der Waals surface area contributed by atoms with Crippen molar-refractivity contribution in [3.8, 4) is 0 Å². The molecule has 23 heavy (non-hydrogen) atoms. The number of nitrogens with zero attached hydrogens (tertiary/aromatic N) is 1. The zero-order valence-electron chi connectivity index (χ0n) is 15.3. The molecule has 6 nitrogen and oxygen atoms in total. The van der Waals surface area contributed by atoms with E-state index < -0.39 is 5.60 Å². The standard InChI is InChI=1S/C17H35N3O3/c1-17(2,3)23-16(21)20-10-6-7-14(12-20)11-19-15(13-22-4)8-5-9-18/h14-15,19H,5-13,18H2,1-4H3. The predicted octanol–water partition coefficient (Wildman–Crippen LogP) is 1.98. The Morgan fingerprint density at radius 2 is 2.17 bits per heavy atom. The van der Waals surface area contributed by atoms with Gasteiger partial charge in [0.05, 0.1) is 6.61 Å². The number of piperidine rings is 1. The molecule has 0 aromatic heterocycles. The minimum Gasteiger partial charge on any atom is -0.444 e. The van der Waals surface area contributed by atoms with Crippen molar-refractivity contribution in [2.24, 2.45) is 11.7 Å². The van der Waals surface area contributed by atoms with Crippen molar-refractivity contribution in [1.29, 1.82) is 0 Å². The van der Waals surface area contributed by atoms with E-state index in [9.17, 15) is 4.79 Å². The highest BCUT2D eigenvalue weighted by atomic mass is 16.6. The van der Waals surface area contributed by atoms with Crippen LogP contribution in [0.25, 0.3) is 0 Å². The number of carbonyl (C=O) groups is 1. The maximum Gasteiger partial charge on any atom is 0.410 e. The first kappa shape index (κ1) is 20.2. The van der Waals surface area contributed by atoms with Crippen molar-refractivity contribution >= 4 is 6.09 Å². The molecule has 1 saturated heterocycles. The number of hydrogen-bond acceptors (Lipinski definition) is 5. The highest BCUT2D eigenvalue weighted by Crippen LogP contribution is 2.19. The van der Waals surface area contributed by atoms with Crippen molar-refractivity contribution in [2.45, 2.75) is 58.1 Å². The molecule has 0 aromatic rings. The van der Waals surface area contributed by atoms with Gasteiger partial charge in [0.25, 0.3) is 0 Å². The molecule has 1 aliphatic rings. The second kappa shape index (κ2) is 10.1. The van der Waals surface area contributed by atoms with E-state index in [0.717, 1.165) is 45.3 Å². The topological polar surface area (TPSA) is 76.8 Å². The summed E-state index contributed by atoms with van der Waals surface area (Å²) >= 11 is 0. The van der Waals surface area contributed by atoms with Gasteiger partial charge in [0.15, 0.2) is 0 Å². The molecule has 3 N–H and O–H groups in total. The van der Waals surface area contributed by atoms with Gasteiger partial charge in [-0.3, -0.25) is 0 Å². The molecule has 1 heterocycles. The van der Waals surface area contributed by atoms with E-state index in [1.165, 1.54) is 0 Å². The van der Waals surface area contributed by atoms with Crippen LogP contribution in [0, 0.1) is 5.92 Å². The first-order chi connectivity index (χ1) is 10.9. The number of amides is 1. The predicted molar refractivity (Wildman–Crippen MR) is 92.5 cm³/mol. The Bertz CT molecular complexity index is 344. The van der Waals surface area contributed by atoms with Gasteiger partial charge in [-0.15, -0.1) is 0 Å². The van der Waals surface area contributed by atoms with Crippen molar-refractivity contribution < 1.29 is 14.3 Å². The summed E-state index contributed by atoms with van der Waals surface area (Å²) < 4.78 is 10.7. The minimum atomic E-state index is -0.436. The molecule has 1 amide bonds. The molecule has 6 heteroatoms. The van der Waals surface area contributed by atoms with Crippen LogP contribution < -0.4 is 11.1 Å². The smallest absolute Gasteiger partial charge is 0.410 e. The lowest BCUT2D eigenvalue weighted by atomic mass is 9.97. The average molecular weight is 329 g/mol. The third kappa shape index (κ3) is 8.53. The average Bonchev–Trinajstić information content (AvgIpc) is 2.48. The van der Waals surface area contributed by atoms with E-state index in [1.807, 2.05) is 25.7 Å². The van der Waals surface area contributed by atoms with Crippen LogP contribution in [0.5, 0.6) is 0 Å². The molecule has 0 saturated carbocycles. The van der Waals surface area contributed by atoms with Gasteiger partial charge in [-0.05, 0) is 65.5 Å². The number of hydrogen-bond donors (Lipinski definition) is 2. The van der Waals surface area contributed by atoms with Gasteiger partial charge in [0.2, 0.25) is 0 Å². The lowest BCUT2D eigenvalue weighted by molar-refractivity contribution is 0.0163. The molecule has 2 atom stereocenters. The summed E-state index contributed by atoms with van der Waals surface area (Å²) in [4.78, 5) is 14.0. The summed E-state index contributed by atoms with van der Waals surface area (Å²) in [6.45, 7) is 9.57. The van der Waals surface area contributed by atoms with E-state index in [-0.39, 0.29) is 6.09 Å². The Morgan fingerprint density at radius 3 is 2.78 bits per heavy atom. The van der Waals surface area contributed by atoms with Crippen LogP contribution in [0.3, 0.4) is 0 Å². The summed E-state index contributed by atoms with van der Waals surface area (Å²) in [6.07, 6.45) is 3.99. The molecule has 2 unspecified atom stereocenters. The molecule has 0 spiro atoms. The first-order valence-electron chi connectivity index (χ1n) is 8.76. The van der Waals surface area contributed by atoms with Crippen molar-refractivity contribution in [3.63, 3.8) is 0 Å². The van der Waals surface area contributed by atoms with Gasteiger partial charge in [0.1, 0.15) is 5.60 Å². The molecular formula is C17H35N3O3. The second-order valence-electron chi connectivity index (χ2n) is 7.43. The molecular weight excluding hydrogens is 294 g/mol. The maximum atomic E-state index is 12.2. The lowest BCUT2D eigenvalue weighted by Crippen LogP contribution is -2.46. The van der Waals surface area contributed by atoms with Crippen LogP contribution in [-0.4, -0.2) is 62.5 Å². The van der Waals surface area contributed by atoms with E-state index in [1.54, 1.807) is 7.11 Å². The molecule has 1 aliphatic heterocycles. The molecule has 1 rings (SSSR count). The summed E-state index contributed by atoms with van der Waals surface area (Å²) in [5, 5.41) is 3.57. The van der Waals surface area contributed by atoms with Gasteiger partial charge in [-0.1, -0.05) is 0 Å². The van der Waals surface area contributed by atoms with Crippen LogP contribution in [0.1, 0.15) is 46.5 Å². The number of nitrogens with two attached hydrogens (primary N) is 1. The molecule has 1 fully saturated rings. The Kier molecular flexibility index (Phi) is 8.87. The lowest BCUT2D eigenvalue weighted by Gasteiger charge is -2.34. The summed E-state index contributed by atoms with van der Waals surface area (Å²) in [5.74, 6) is 0.466. The molecule has 0 radical (unpaired) electrons. The van der Waals surface area contributed by atoms with E-state index >= 15 is 0 Å². The Morgan fingerprint density at radius 1 is 1.43 bits per heavy atom. The number of ether oxygens (including phenoxy) is 2. The van der Waals surface area contributed by atoms with E-state index in [2.05, 4.69) is 5.32 Å². The summed E-state index contributed by atoms with van der Waals surface area (Å²) in [6, 6.07) is 0.334. The fourth-order valence-corrected chi connectivity index (χ4v) is 2.87. The summed E-state index contributed by atoms with van der Waals surface area (Å²) in [5.41, 5.74) is 5.15. The first-order valence-corrected chi connectivity index (χ1v) is 8.76. The summed E-state index contributed by atoms with van der Waals surface area (Å²) in [7, 11) is 1.72. The zero-order valence-corrected chi connectivity index (χ0v) is 15.3. The largest absolute Gasteiger partial charge is 0.444 e. The van der Waals surface area contributed by atoms with Gasteiger partial charge in [-0.25, -0.2) is 4.79 Å². The van der Waals surface area contributed by atoms with Gasteiger partial charge < -0.3 is 25.4 Å². The number of nitrogens with one attached hydrogen (secondary N) is 1. The van der Waals surface area contributed by atoms with Crippen LogP contribution in [0.2, 0.25) is 0 Å². The number of carbonyl (C=O) groups excluding carboxylic acids is 1. The zero-order chi connectivity index (χ0) is 17.3. The van der Waals surface area contributed by atoms with Gasteiger partial charge >= 0.3 is 6.09 Å². The van der Waals surface area contributed by atoms with Crippen molar-refractivity contribution in [1.82, 2.24) is 10.2 Å². The number of methoxy groups -OCH3 is 1. The van der Waals surface area contributed by atoms with Crippen molar-refractivity contribution in [2.75, 3.05) is 39.9 Å². The van der Waals surface area contributed by atoms with Crippen molar-refractivity contribution in [3.05, 3.63) is 0 Å². The van der Waals surface area contributed by atoms with E-state index in [4.69, 9.17) is 15.2 Å². The Balaban J connectivity index is 2.40. The quantitative estimate of drug-likeness (QED) is 0.712. The molecule has 0 aromatic carbocycles. The minimum absolute atomic E-state index is 0.196. The third-order valence-corrected chi connectivity index (χ3v) is 3.99. The highest BCUT2D eigenvalue weighted by Gasteiger charge is 2.27. The fourth-order valence-electron chi connectivity index (χ4n) is 2.87. The van der Waals surface area contributed by atoms with E-state index in [0.29, 0.717) is 25.1 Å². The van der Waals surface area contributed by atoms with Crippen LogP contribution >= 0.6 is 0 Å². The Labute approximate surface area is 141 Å². The SMILES string of the molecule is COCC(CCCN)NCC1CCCN(C(=O)OC(C)(C)C)C1. The monoisotopic (exact) mass is 329 g/mol. The normalized spacial score (nSPS) is 20.4.